The molecule has 0 aliphatic carbocycles. The number of hydrogen-bond donors (Lipinski definition) is 1. The molecule has 1 N–H and O–H groups in total. The lowest BCUT2D eigenvalue weighted by Crippen LogP contribution is -2.33. The van der Waals surface area contributed by atoms with Crippen molar-refractivity contribution in [3.63, 3.8) is 0 Å². The van der Waals surface area contributed by atoms with Gasteiger partial charge in [0.25, 0.3) is 0 Å². The molecule has 1 aromatic carbocycles. The molecule has 1 aromatic rings. The SMILES string of the molecule is CCCNCC(C)CN(CC)c1ccc(C)cc1. The molecule has 2 nitrogen and oxygen atoms in total. The number of rotatable bonds is 8. The molecule has 0 spiro atoms. The fourth-order valence-corrected chi connectivity index (χ4v) is 2.14. The predicted octanol–water partition coefficient (Wildman–Crippen LogP) is 3.46. The molecule has 0 aliphatic rings. The van der Waals surface area contributed by atoms with Crippen molar-refractivity contribution in [2.24, 2.45) is 5.92 Å². The van der Waals surface area contributed by atoms with Crippen LogP contribution < -0.4 is 10.2 Å². The van der Waals surface area contributed by atoms with Gasteiger partial charge in [0.05, 0.1) is 0 Å². The van der Waals surface area contributed by atoms with Crippen molar-refractivity contribution in [3.8, 4) is 0 Å². The minimum Gasteiger partial charge on any atom is -0.371 e. The Hall–Kier alpha value is -1.02. The van der Waals surface area contributed by atoms with Gasteiger partial charge < -0.3 is 10.2 Å². The Kier molecular flexibility index (Phi) is 6.81. The number of anilines is 1. The van der Waals surface area contributed by atoms with Crippen molar-refractivity contribution >= 4 is 5.69 Å². The van der Waals surface area contributed by atoms with Gasteiger partial charge in [-0.05, 0) is 51.4 Å². The van der Waals surface area contributed by atoms with Crippen molar-refractivity contribution in [1.82, 2.24) is 5.32 Å². The maximum Gasteiger partial charge on any atom is 0.0366 e. The van der Waals surface area contributed by atoms with Crippen molar-refractivity contribution in [1.29, 1.82) is 0 Å². The molecule has 0 fully saturated rings. The van der Waals surface area contributed by atoms with Gasteiger partial charge in [0.15, 0.2) is 0 Å². The van der Waals surface area contributed by atoms with Gasteiger partial charge in [0.1, 0.15) is 0 Å². The summed E-state index contributed by atoms with van der Waals surface area (Å²) in [6.07, 6.45) is 1.21. The van der Waals surface area contributed by atoms with Crippen molar-refractivity contribution in [2.45, 2.75) is 34.1 Å². The summed E-state index contributed by atoms with van der Waals surface area (Å²) in [4.78, 5) is 2.46. The summed E-state index contributed by atoms with van der Waals surface area (Å²) in [5.74, 6) is 0.679. The average Bonchev–Trinajstić information content (AvgIpc) is 2.37. The second kappa shape index (κ2) is 8.15. The average molecular weight is 248 g/mol. The largest absolute Gasteiger partial charge is 0.371 e. The molecule has 0 amide bonds. The fraction of sp³-hybridized carbons (Fsp3) is 0.625. The summed E-state index contributed by atoms with van der Waals surface area (Å²) in [5, 5.41) is 3.50. The first-order chi connectivity index (χ1) is 8.67. The zero-order valence-corrected chi connectivity index (χ0v) is 12.4. The quantitative estimate of drug-likeness (QED) is 0.709. The van der Waals surface area contributed by atoms with Gasteiger partial charge in [-0.2, -0.15) is 0 Å². The zero-order valence-electron chi connectivity index (χ0n) is 12.4. The molecule has 0 aliphatic heterocycles. The van der Waals surface area contributed by atoms with E-state index in [0.717, 1.165) is 26.2 Å². The molecule has 0 bridgehead atoms. The number of nitrogens with one attached hydrogen (secondary N) is 1. The Morgan fingerprint density at radius 1 is 1.17 bits per heavy atom. The number of nitrogens with zero attached hydrogens (tertiary/aromatic N) is 1. The van der Waals surface area contributed by atoms with Gasteiger partial charge in [-0.3, -0.25) is 0 Å². The van der Waals surface area contributed by atoms with Crippen molar-refractivity contribution in [3.05, 3.63) is 29.8 Å². The first kappa shape index (κ1) is 15.0. The third kappa shape index (κ3) is 5.09. The van der Waals surface area contributed by atoms with Gasteiger partial charge in [-0.1, -0.05) is 31.5 Å². The molecular weight excluding hydrogens is 220 g/mol. The van der Waals surface area contributed by atoms with Crippen LogP contribution in [0.15, 0.2) is 24.3 Å². The molecule has 102 valence electrons. The van der Waals surface area contributed by atoms with Crippen molar-refractivity contribution in [2.75, 3.05) is 31.1 Å². The van der Waals surface area contributed by atoms with E-state index in [1.165, 1.54) is 17.7 Å². The Morgan fingerprint density at radius 2 is 1.83 bits per heavy atom. The van der Waals surface area contributed by atoms with Crippen LogP contribution >= 0.6 is 0 Å². The highest BCUT2D eigenvalue weighted by atomic mass is 15.1. The number of benzene rings is 1. The van der Waals surface area contributed by atoms with E-state index in [1.54, 1.807) is 0 Å². The molecule has 0 heterocycles. The fourth-order valence-electron chi connectivity index (χ4n) is 2.14. The van der Waals surface area contributed by atoms with Gasteiger partial charge in [0.2, 0.25) is 0 Å². The first-order valence-electron chi connectivity index (χ1n) is 7.19. The monoisotopic (exact) mass is 248 g/mol. The maximum atomic E-state index is 3.50. The highest BCUT2D eigenvalue weighted by molar-refractivity contribution is 5.47. The molecule has 1 rings (SSSR count). The van der Waals surface area contributed by atoms with E-state index in [4.69, 9.17) is 0 Å². The molecule has 0 saturated heterocycles. The Balaban J connectivity index is 2.48. The third-order valence-corrected chi connectivity index (χ3v) is 3.23. The molecule has 0 saturated carbocycles. The Labute approximate surface area is 112 Å². The van der Waals surface area contributed by atoms with Gasteiger partial charge >= 0.3 is 0 Å². The van der Waals surface area contributed by atoms with E-state index in [-0.39, 0.29) is 0 Å². The number of hydrogen-bond acceptors (Lipinski definition) is 2. The topological polar surface area (TPSA) is 15.3 Å². The predicted molar refractivity (Wildman–Crippen MR) is 81.4 cm³/mol. The van der Waals surface area contributed by atoms with E-state index in [2.05, 4.69) is 62.2 Å². The van der Waals surface area contributed by atoms with Crippen LogP contribution in [0.5, 0.6) is 0 Å². The van der Waals surface area contributed by atoms with Crippen molar-refractivity contribution < 1.29 is 0 Å². The summed E-state index contributed by atoms with van der Waals surface area (Å²) in [5.41, 5.74) is 2.66. The normalized spacial score (nSPS) is 12.4. The zero-order chi connectivity index (χ0) is 13.4. The second-order valence-corrected chi connectivity index (χ2v) is 5.18. The summed E-state index contributed by atoms with van der Waals surface area (Å²) < 4.78 is 0. The molecule has 2 heteroatoms. The van der Waals surface area contributed by atoms with Crippen LogP contribution in [0, 0.1) is 12.8 Å². The summed E-state index contributed by atoms with van der Waals surface area (Å²) in [6, 6.07) is 8.84. The highest BCUT2D eigenvalue weighted by Gasteiger charge is 2.09. The highest BCUT2D eigenvalue weighted by Crippen LogP contribution is 2.16. The maximum absolute atomic E-state index is 3.50. The standard InChI is InChI=1S/C16H28N2/c1-5-11-17-12-15(4)13-18(6-2)16-9-7-14(3)8-10-16/h7-10,15,17H,5-6,11-13H2,1-4H3. The van der Waals surface area contributed by atoms with E-state index in [1.807, 2.05) is 0 Å². The molecule has 1 atom stereocenters. The number of aryl methyl sites for hydroxylation is 1. The third-order valence-electron chi connectivity index (χ3n) is 3.23. The van der Waals surface area contributed by atoms with Crippen LogP contribution in [-0.2, 0) is 0 Å². The molecular formula is C16H28N2. The lowest BCUT2D eigenvalue weighted by molar-refractivity contribution is 0.506. The van der Waals surface area contributed by atoms with Crippen LogP contribution in [0.3, 0.4) is 0 Å². The Morgan fingerprint density at radius 3 is 2.39 bits per heavy atom. The lowest BCUT2D eigenvalue weighted by atomic mass is 10.1. The van der Waals surface area contributed by atoms with E-state index >= 15 is 0 Å². The summed E-state index contributed by atoms with van der Waals surface area (Å²) in [6.45, 7) is 13.3. The van der Waals surface area contributed by atoms with Crippen LogP contribution in [0.2, 0.25) is 0 Å². The molecule has 0 radical (unpaired) electrons. The van der Waals surface area contributed by atoms with Gasteiger partial charge in [0, 0.05) is 18.8 Å². The van der Waals surface area contributed by atoms with Crippen LogP contribution in [0.1, 0.15) is 32.8 Å². The van der Waals surface area contributed by atoms with E-state index in [0.29, 0.717) is 5.92 Å². The summed E-state index contributed by atoms with van der Waals surface area (Å²) in [7, 11) is 0. The van der Waals surface area contributed by atoms with Gasteiger partial charge in [-0.25, -0.2) is 0 Å². The lowest BCUT2D eigenvalue weighted by Gasteiger charge is -2.27. The Bertz CT molecular complexity index is 318. The van der Waals surface area contributed by atoms with Crippen LogP contribution in [-0.4, -0.2) is 26.2 Å². The van der Waals surface area contributed by atoms with E-state index in [9.17, 15) is 0 Å². The minimum atomic E-state index is 0.679. The minimum absolute atomic E-state index is 0.679. The molecule has 18 heavy (non-hydrogen) atoms. The van der Waals surface area contributed by atoms with E-state index < -0.39 is 0 Å². The first-order valence-corrected chi connectivity index (χ1v) is 7.19. The smallest absolute Gasteiger partial charge is 0.0366 e. The van der Waals surface area contributed by atoms with Gasteiger partial charge in [-0.15, -0.1) is 0 Å². The molecule has 0 aromatic heterocycles. The second-order valence-electron chi connectivity index (χ2n) is 5.18. The van der Waals surface area contributed by atoms with Crippen LogP contribution in [0.25, 0.3) is 0 Å². The van der Waals surface area contributed by atoms with Crippen LogP contribution in [0.4, 0.5) is 5.69 Å². The summed E-state index contributed by atoms with van der Waals surface area (Å²) >= 11 is 0. The molecule has 1 unspecified atom stereocenters.